The zero-order valence-corrected chi connectivity index (χ0v) is 15.9. The van der Waals surface area contributed by atoms with E-state index < -0.39 is 11.6 Å². The Kier molecular flexibility index (Phi) is 7.67. The molecule has 2 aromatic heterocycles. The molecule has 3 aromatic rings. The number of amides is 1. The maximum atomic E-state index is 11.9. The van der Waals surface area contributed by atoms with Crippen LogP contribution in [0.1, 0.15) is 18.4 Å². The van der Waals surface area contributed by atoms with Crippen LogP contribution < -0.4 is 16.0 Å². The van der Waals surface area contributed by atoms with Crippen LogP contribution in [0.4, 0.5) is 20.4 Å². The van der Waals surface area contributed by atoms with E-state index in [1.165, 1.54) is 12.8 Å². The standard InChI is InChI=1S/C11H15N5.C6H4F2.C2H5NO/c1-8-10(12)14-16-7-4-9(13-11(8)16)15-5-2-3-6-15;7-5-1-2-6(8)4-3-5;1-3-2-4/h4,7H,2-3,5-6H2,1H3,(H2,12,14);1-4H;2H,1H3,(H,3,4). The molecule has 0 unspecified atom stereocenters. The molecule has 28 heavy (non-hydrogen) atoms. The number of nitrogens with zero attached hydrogens (tertiary/aromatic N) is 4. The van der Waals surface area contributed by atoms with Gasteiger partial charge in [-0.3, -0.25) is 4.79 Å². The zero-order chi connectivity index (χ0) is 20.5. The number of nitrogen functional groups attached to an aromatic ring is 1. The van der Waals surface area contributed by atoms with E-state index in [1.807, 2.05) is 19.2 Å². The number of aromatic nitrogens is 3. The molecule has 0 saturated carbocycles. The molecule has 0 spiro atoms. The van der Waals surface area contributed by atoms with Crippen molar-refractivity contribution in [1.82, 2.24) is 19.9 Å². The molecular weight excluding hydrogens is 366 g/mol. The molecule has 9 heteroatoms. The van der Waals surface area contributed by atoms with Gasteiger partial charge in [-0.05, 0) is 50.1 Å². The summed E-state index contributed by atoms with van der Waals surface area (Å²) in [5.41, 5.74) is 7.59. The summed E-state index contributed by atoms with van der Waals surface area (Å²) in [6, 6.07) is 6.32. The fourth-order valence-electron chi connectivity index (χ4n) is 2.60. The summed E-state index contributed by atoms with van der Waals surface area (Å²) in [6.45, 7) is 4.16. The monoisotopic (exact) mass is 390 g/mol. The summed E-state index contributed by atoms with van der Waals surface area (Å²) < 4.78 is 25.6. The van der Waals surface area contributed by atoms with E-state index in [4.69, 9.17) is 10.5 Å². The highest BCUT2D eigenvalue weighted by atomic mass is 19.1. The van der Waals surface area contributed by atoms with Crippen LogP contribution in [0.3, 0.4) is 0 Å². The van der Waals surface area contributed by atoms with E-state index in [0.29, 0.717) is 12.2 Å². The van der Waals surface area contributed by atoms with Crippen molar-refractivity contribution in [2.24, 2.45) is 0 Å². The Balaban J connectivity index is 0.000000196. The minimum atomic E-state index is -0.411. The molecule has 150 valence electrons. The van der Waals surface area contributed by atoms with Crippen LogP contribution in [0.25, 0.3) is 5.65 Å². The topological polar surface area (TPSA) is 88.5 Å². The first-order valence-electron chi connectivity index (χ1n) is 8.84. The predicted molar refractivity (Wildman–Crippen MR) is 105 cm³/mol. The molecule has 1 aliphatic rings. The predicted octanol–water partition coefficient (Wildman–Crippen LogP) is 2.55. The molecule has 1 saturated heterocycles. The number of nitrogens with one attached hydrogen (secondary N) is 1. The highest BCUT2D eigenvalue weighted by Gasteiger charge is 2.15. The van der Waals surface area contributed by atoms with Gasteiger partial charge in [0, 0.05) is 31.9 Å². The van der Waals surface area contributed by atoms with Gasteiger partial charge in [0.25, 0.3) is 0 Å². The van der Waals surface area contributed by atoms with Gasteiger partial charge in [0.1, 0.15) is 17.5 Å². The van der Waals surface area contributed by atoms with Gasteiger partial charge in [-0.2, -0.15) is 0 Å². The van der Waals surface area contributed by atoms with Gasteiger partial charge in [0.15, 0.2) is 11.5 Å². The summed E-state index contributed by atoms with van der Waals surface area (Å²) in [7, 11) is 1.56. The summed E-state index contributed by atoms with van der Waals surface area (Å²) in [5, 5.41) is 6.44. The minimum absolute atomic E-state index is 0.411. The summed E-state index contributed by atoms with van der Waals surface area (Å²) >= 11 is 0. The van der Waals surface area contributed by atoms with E-state index in [1.54, 1.807) is 11.6 Å². The summed E-state index contributed by atoms with van der Waals surface area (Å²) in [4.78, 5) is 16.0. The van der Waals surface area contributed by atoms with Crippen LogP contribution in [0.2, 0.25) is 0 Å². The number of fused-ring (bicyclic) bond motifs is 1. The molecule has 4 rings (SSSR count). The normalized spacial score (nSPS) is 12.6. The Bertz CT molecular complexity index is 870. The number of halogens is 2. The van der Waals surface area contributed by atoms with Crippen molar-refractivity contribution < 1.29 is 13.6 Å². The van der Waals surface area contributed by atoms with Crippen LogP contribution >= 0.6 is 0 Å². The van der Waals surface area contributed by atoms with E-state index in [0.717, 1.165) is 54.4 Å². The van der Waals surface area contributed by atoms with Gasteiger partial charge < -0.3 is 16.0 Å². The molecule has 0 bridgehead atoms. The van der Waals surface area contributed by atoms with Crippen molar-refractivity contribution in [3.05, 3.63) is 53.7 Å². The molecular formula is C19H24F2N6O. The number of rotatable bonds is 2. The molecule has 0 atom stereocenters. The van der Waals surface area contributed by atoms with Crippen molar-refractivity contribution in [1.29, 1.82) is 0 Å². The lowest BCUT2D eigenvalue weighted by atomic mass is 10.3. The quantitative estimate of drug-likeness (QED) is 0.657. The number of aryl methyl sites for hydroxylation is 1. The Morgan fingerprint density at radius 1 is 1.11 bits per heavy atom. The lowest BCUT2D eigenvalue weighted by Gasteiger charge is -2.15. The van der Waals surface area contributed by atoms with Crippen molar-refractivity contribution in [2.45, 2.75) is 19.8 Å². The van der Waals surface area contributed by atoms with Crippen LogP contribution in [0.15, 0.2) is 36.5 Å². The molecule has 3 heterocycles. The highest BCUT2D eigenvalue weighted by molar-refractivity contribution is 5.60. The van der Waals surface area contributed by atoms with Gasteiger partial charge in [-0.15, -0.1) is 5.10 Å². The van der Waals surface area contributed by atoms with Crippen molar-refractivity contribution in [2.75, 3.05) is 30.8 Å². The average molecular weight is 390 g/mol. The summed E-state index contributed by atoms with van der Waals surface area (Å²) in [6.07, 6.45) is 5.07. The van der Waals surface area contributed by atoms with Crippen molar-refractivity contribution >= 4 is 23.7 Å². The Morgan fingerprint density at radius 3 is 2.14 bits per heavy atom. The Labute approximate surface area is 162 Å². The zero-order valence-electron chi connectivity index (χ0n) is 15.9. The molecule has 0 radical (unpaired) electrons. The molecule has 7 nitrogen and oxygen atoms in total. The second-order valence-electron chi connectivity index (χ2n) is 6.10. The lowest BCUT2D eigenvalue weighted by molar-refractivity contribution is -0.109. The fraction of sp³-hybridized carbons (Fsp3) is 0.316. The third kappa shape index (κ3) is 5.63. The maximum Gasteiger partial charge on any atom is 0.206 e. The number of benzene rings is 1. The maximum absolute atomic E-state index is 11.9. The van der Waals surface area contributed by atoms with Gasteiger partial charge in [0.2, 0.25) is 6.41 Å². The number of nitrogens with two attached hydrogens (primary N) is 1. The van der Waals surface area contributed by atoms with Gasteiger partial charge in [-0.25, -0.2) is 18.3 Å². The van der Waals surface area contributed by atoms with E-state index in [-0.39, 0.29) is 0 Å². The molecule has 1 aliphatic heterocycles. The molecule has 0 aliphatic carbocycles. The first kappa shape index (κ1) is 21.1. The second-order valence-corrected chi connectivity index (χ2v) is 6.10. The molecule has 1 amide bonds. The van der Waals surface area contributed by atoms with Gasteiger partial charge in [-0.1, -0.05) is 0 Å². The van der Waals surface area contributed by atoms with Crippen molar-refractivity contribution in [3.63, 3.8) is 0 Å². The van der Waals surface area contributed by atoms with E-state index >= 15 is 0 Å². The Hall–Kier alpha value is -3.23. The number of anilines is 2. The number of carbonyl (C=O) groups excluding carboxylic acids is 1. The molecule has 1 fully saturated rings. The van der Waals surface area contributed by atoms with E-state index in [9.17, 15) is 8.78 Å². The highest BCUT2D eigenvalue weighted by Crippen LogP contribution is 2.21. The summed E-state index contributed by atoms with van der Waals surface area (Å²) in [5.74, 6) is 0.775. The third-order valence-corrected chi connectivity index (χ3v) is 4.09. The van der Waals surface area contributed by atoms with Crippen LogP contribution in [-0.4, -0.2) is 41.1 Å². The second kappa shape index (κ2) is 10.2. The third-order valence-electron chi connectivity index (χ3n) is 4.09. The number of hydrogen-bond acceptors (Lipinski definition) is 5. The number of carbonyl (C=O) groups is 1. The fourth-order valence-corrected chi connectivity index (χ4v) is 2.60. The van der Waals surface area contributed by atoms with Gasteiger partial charge in [0.05, 0.1) is 0 Å². The smallest absolute Gasteiger partial charge is 0.206 e. The minimum Gasteiger partial charge on any atom is -0.382 e. The van der Waals surface area contributed by atoms with E-state index in [2.05, 4.69) is 20.3 Å². The molecule has 1 aromatic carbocycles. The average Bonchev–Trinajstić information content (AvgIpc) is 3.34. The Morgan fingerprint density at radius 2 is 1.64 bits per heavy atom. The van der Waals surface area contributed by atoms with Crippen LogP contribution in [0.5, 0.6) is 0 Å². The largest absolute Gasteiger partial charge is 0.382 e. The first-order valence-corrected chi connectivity index (χ1v) is 8.84. The van der Waals surface area contributed by atoms with Crippen LogP contribution in [0, 0.1) is 18.6 Å². The number of hydrogen-bond donors (Lipinski definition) is 2. The first-order chi connectivity index (χ1) is 13.5. The van der Waals surface area contributed by atoms with Gasteiger partial charge >= 0.3 is 0 Å². The van der Waals surface area contributed by atoms with Crippen LogP contribution in [-0.2, 0) is 4.79 Å². The van der Waals surface area contributed by atoms with Crippen molar-refractivity contribution in [3.8, 4) is 0 Å². The SMILES string of the molecule is CNC=O.Cc1c(N)nn2ccc(N3CCCC3)nc12.Fc1ccc(F)cc1. The lowest BCUT2D eigenvalue weighted by Crippen LogP contribution is -2.19. The molecule has 3 N–H and O–H groups in total.